The van der Waals surface area contributed by atoms with Gasteiger partial charge < -0.3 is 29.1 Å². The maximum absolute atomic E-state index is 13.3. The summed E-state index contributed by atoms with van der Waals surface area (Å²) < 4.78 is 16.4. The normalized spacial score (nSPS) is 17.2. The molecule has 1 atom stereocenters. The minimum absolute atomic E-state index is 0.0221. The van der Waals surface area contributed by atoms with E-state index in [2.05, 4.69) is 4.90 Å². The number of ether oxygens (including phenoxy) is 3. The van der Waals surface area contributed by atoms with Crippen LogP contribution in [0.15, 0.2) is 42.0 Å². The Bertz CT molecular complexity index is 1100. The van der Waals surface area contributed by atoms with Gasteiger partial charge in [0.05, 0.1) is 32.9 Å². The van der Waals surface area contributed by atoms with Crippen LogP contribution < -0.4 is 14.2 Å². The highest BCUT2D eigenvalue weighted by Gasteiger charge is 2.46. The molecule has 1 unspecified atom stereocenters. The molecule has 1 aliphatic heterocycles. The first-order valence-corrected chi connectivity index (χ1v) is 11.8. The molecule has 8 nitrogen and oxygen atoms in total. The highest BCUT2D eigenvalue weighted by molar-refractivity contribution is 6.46. The van der Waals surface area contributed by atoms with E-state index in [4.69, 9.17) is 25.8 Å². The van der Waals surface area contributed by atoms with Crippen molar-refractivity contribution >= 4 is 29.1 Å². The topological polar surface area (TPSA) is 88.5 Å². The number of rotatable bonds is 10. The van der Waals surface area contributed by atoms with E-state index < -0.39 is 17.7 Å². The number of carbonyl (C=O) groups excluding carboxylic acids is 2. The minimum atomic E-state index is -0.863. The highest BCUT2D eigenvalue weighted by atomic mass is 35.5. The average Bonchev–Trinajstić information content (AvgIpc) is 3.12. The number of likely N-dealkylation sites (tertiary alicyclic amines) is 1. The van der Waals surface area contributed by atoms with Gasteiger partial charge in [-0.15, -0.1) is 0 Å². The Morgan fingerprint density at radius 2 is 1.66 bits per heavy atom. The minimum Gasteiger partial charge on any atom is -0.507 e. The Hall–Kier alpha value is -3.23. The number of likely N-dealkylation sites (N-methyl/N-ethyl adjacent to an activating group) is 1. The molecule has 1 N–H and O–H groups in total. The molecule has 2 aromatic carbocycles. The summed E-state index contributed by atoms with van der Waals surface area (Å²) in [5, 5.41) is 11.6. The fourth-order valence-electron chi connectivity index (χ4n) is 4.30. The standard InChI is InChI=1S/C26H31ClN2O6/c1-6-28(7-2)11-12-29-22(17-14-19(33-3)25(35-5)20(15-17)34-4)21(24(31)26(29)32)23(30)16-9-8-10-18(27)13-16/h8-10,13-15,22,30H,6-7,11-12H2,1-5H3/b23-21+. The predicted octanol–water partition coefficient (Wildman–Crippen LogP) is 4.13. The summed E-state index contributed by atoms with van der Waals surface area (Å²) >= 11 is 6.12. The molecule has 35 heavy (non-hydrogen) atoms. The second-order valence-corrected chi connectivity index (χ2v) is 8.42. The Labute approximate surface area is 210 Å². The molecule has 188 valence electrons. The lowest BCUT2D eigenvalue weighted by molar-refractivity contribution is -0.140. The van der Waals surface area contributed by atoms with Crippen LogP contribution in [0.25, 0.3) is 5.76 Å². The zero-order chi connectivity index (χ0) is 25.7. The molecular formula is C26H31ClN2O6. The summed E-state index contributed by atoms with van der Waals surface area (Å²) in [5.41, 5.74) is 0.865. The van der Waals surface area contributed by atoms with Gasteiger partial charge in [0.15, 0.2) is 11.5 Å². The van der Waals surface area contributed by atoms with E-state index in [1.165, 1.54) is 26.2 Å². The summed E-state index contributed by atoms with van der Waals surface area (Å²) in [6.45, 7) is 6.54. The molecule has 2 aromatic rings. The van der Waals surface area contributed by atoms with Crippen molar-refractivity contribution < 1.29 is 28.9 Å². The molecule has 0 bridgehead atoms. The first-order valence-electron chi connectivity index (χ1n) is 11.4. The molecule has 0 saturated carbocycles. The summed E-state index contributed by atoms with van der Waals surface area (Å²) in [4.78, 5) is 30.1. The van der Waals surface area contributed by atoms with Gasteiger partial charge in [0.2, 0.25) is 5.75 Å². The molecule has 0 aliphatic carbocycles. The van der Waals surface area contributed by atoms with Gasteiger partial charge in [-0.3, -0.25) is 9.59 Å². The summed E-state index contributed by atoms with van der Waals surface area (Å²) in [7, 11) is 4.48. The number of hydrogen-bond donors (Lipinski definition) is 1. The number of hydrogen-bond acceptors (Lipinski definition) is 7. The van der Waals surface area contributed by atoms with Crippen LogP contribution in [0.1, 0.15) is 31.0 Å². The van der Waals surface area contributed by atoms with Gasteiger partial charge in [-0.05, 0) is 42.9 Å². The number of benzene rings is 2. The van der Waals surface area contributed by atoms with Crippen molar-refractivity contribution in [3.63, 3.8) is 0 Å². The quantitative estimate of drug-likeness (QED) is 0.297. The van der Waals surface area contributed by atoms with E-state index in [9.17, 15) is 14.7 Å². The van der Waals surface area contributed by atoms with Crippen LogP contribution in [0.2, 0.25) is 5.02 Å². The van der Waals surface area contributed by atoms with E-state index in [-0.39, 0.29) is 11.3 Å². The zero-order valence-corrected chi connectivity index (χ0v) is 21.4. The number of ketones is 1. The molecule has 0 spiro atoms. The molecule has 3 rings (SSSR count). The summed E-state index contributed by atoms with van der Waals surface area (Å²) in [5.74, 6) is -0.609. The first kappa shape index (κ1) is 26.4. The third kappa shape index (κ3) is 5.23. The number of halogens is 1. The smallest absolute Gasteiger partial charge is 0.295 e. The number of carbonyl (C=O) groups is 2. The van der Waals surface area contributed by atoms with Crippen molar-refractivity contribution in [2.45, 2.75) is 19.9 Å². The lowest BCUT2D eigenvalue weighted by atomic mass is 9.94. The number of aliphatic hydroxyl groups is 1. The molecule has 1 aliphatic rings. The van der Waals surface area contributed by atoms with Gasteiger partial charge in [0.1, 0.15) is 5.76 Å². The van der Waals surface area contributed by atoms with Crippen molar-refractivity contribution in [1.29, 1.82) is 0 Å². The van der Waals surface area contributed by atoms with Crippen LogP contribution in [-0.4, -0.2) is 74.1 Å². The van der Waals surface area contributed by atoms with E-state index in [1.54, 1.807) is 36.4 Å². The summed E-state index contributed by atoms with van der Waals surface area (Å²) in [6, 6.07) is 9.03. The van der Waals surface area contributed by atoms with Crippen molar-refractivity contribution in [3.05, 3.63) is 58.1 Å². The largest absolute Gasteiger partial charge is 0.507 e. The monoisotopic (exact) mass is 502 g/mol. The highest BCUT2D eigenvalue weighted by Crippen LogP contribution is 2.45. The van der Waals surface area contributed by atoms with Gasteiger partial charge >= 0.3 is 0 Å². The first-order chi connectivity index (χ1) is 16.8. The number of nitrogens with zero attached hydrogens (tertiary/aromatic N) is 2. The van der Waals surface area contributed by atoms with E-state index in [1.807, 2.05) is 13.8 Å². The van der Waals surface area contributed by atoms with Crippen molar-refractivity contribution in [1.82, 2.24) is 9.80 Å². The van der Waals surface area contributed by atoms with E-state index >= 15 is 0 Å². The molecule has 1 saturated heterocycles. The SMILES string of the molecule is CCN(CC)CCN1C(=O)C(=O)/C(=C(/O)c2cccc(Cl)c2)C1c1cc(OC)c(OC)c(OC)c1. The Balaban J connectivity index is 2.23. The molecule has 0 aromatic heterocycles. The van der Waals surface area contributed by atoms with Crippen LogP contribution >= 0.6 is 11.6 Å². The van der Waals surface area contributed by atoms with Gasteiger partial charge in [0.25, 0.3) is 11.7 Å². The van der Waals surface area contributed by atoms with Crippen LogP contribution in [-0.2, 0) is 9.59 Å². The number of amides is 1. The predicted molar refractivity (Wildman–Crippen MR) is 134 cm³/mol. The number of Topliss-reactive ketones (excluding diaryl/α,β-unsaturated/α-hetero) is 1. The molecule has 1 amide bonds. The third-order valence-electron chi connectivity index (χ3n) is 6.19. The maximum Gasteiger partial charge on any atom is 0.295 e. The van der Waals surface area contributed by atoms with Gasteiger partial charge in [-0.2, -0.15) is 0 Å². The second kappa shape index (κ2) is 11.5. The molecule has 1 heterocycles. The summed E-state index contributed by atoms with van der Waals surface area (Å²) in [6.07, 6.45) is 0. The van der Waals surface area contributed by atoms with Crippen LogP contribution in [0.4, 0.5) is 0 Å². The fraction of sp³-hybridized carbons (Fsp3) is 0.385. The van der Waals surface area contributed by atoms with Crippen LogP contribution in [0.5, 0.6) is 17.2 Å². The second-order valence-electron chi connectivity index (χ2n) is 7.99. The molecule has 0 radical (unpaired) electrons. The number of aliphatic hydroxyl groups excluding tert-OH is 1. The lowest BCUT2D eigenvalue weighted by Crippen LogP contribution is -2.38. The molecule has 1 fully saturated rings. The van der Waals surface area contributed by atoms with E-state index in [0.717, 1.165) is 13.1 Å². The van der Waals surface area contributed by atoms with Crippen LogP contribution in [0.3, 0.4) is 0 Å². The van der Waals surface area contributed by atoms with Crippen LogP contribution in [0, 0.1) is 0 Å². The Morgan fingerprint density at radius 1 is 1.03 bits per heavy atom. The zero-order valence-electron chi connectivity index (χ0n) is 20.6. The van der Waals surface area contributed by atoms with Crippen molar-refractivity contribution in [3.8, 4) is 17.2 Å². The number of methoxy groups -OCH3 is 3. The molecular weight excluding hydrogens is 472 g/mol. The molecule has 9 heteroatoms. The Kier molecular flexibility index (Phi) is 8.64. The maximum atomic E-state index is 13.3. The van der Waals surface area contributed by atoms with Crippen molar-refractivity contribution in [2.24, 2.45) is 0 Å². The van der Waals surface area contributed by atoms with Gasteiger partial charge in [-0.25, -0.2) is 0 Å². The third-order valence-corrected chi connectivity index (χ3v) is 6.43. The average molecular weight is 503 g/mol. The lowest BCUT2D eigenvalue weighted by Gasteiger charge is -2.29. The van der Waals surface area contributed by atoms with Gasteiger partial charge in [-0.1, -0.05) is 37.6 Å². The van der Waals surface area contributed by atoms with E-state index in [0.29, 0.717) is 46.5 Å². The Morgan fingerprint density at radius 3 is 2.17 bits per heavy atom. The fourth-order valence-corrected chi connectivity index (χ4v) is 4.49. The van der Waals surface area contributed by atoms with Gasteiger partial charge in [0, 0.05) is 23.7 Å². The van der Waals surface area contributed by atoms with Crippen molar-refractivity contribution in [2.75, 3.05) is 47.5 Å².